The molecule has 4 aliphatic carbocycles. The average molecular weight is 317 g/mol. The highest BCUT2D eigenvalue weighted by atomic mass is 19.1. The lowest BCUT2D eigenvalue weighted by molar-refractivity contribution is -0.159. The van der Waals surface area contributed by atoms with Crippen LogP contribution >= 0.6 is 0 Å². The smallest absolute Gasteiger partial charge is 0.310 e. The van der Waals surface area contributed by atoms with Crippen molar-refractivity contribution in [3.05, 3.63) is 35.6 Å². The Morgan fingerprint density at radius 3 is 2.70 bits per heavy atom. The van der Waals surface area contributed by atoms with Gasteiger partial charge in [-0.05, 0) is 67.6 Å². The lowest BCUT2D eigenvalue weighted by Gasteiger charge is -2.54. The number of carbonyl (C=O) groups is 1. The van der Waals surface area contributed by atoms with Crippen molar-refractivity contribution < 1.29 is 13.9 Å². The van der Waals surface area contributed by atoms with Gasteiger partial charge in [0.15, 0.2) is 0 Å². The van der Waals surface area contributed by atoms with Crippen LogP contribution in [0.25, 0.3) is 0 Å². The van der Waals surface area contributed by atoms with Gasteiger partial charge in [-0.25, -0.2) is 4.39 Å². The van der Waals surface area contributed by atoms with Crippen LogP contribution in [0.2, 0.25) is 0 Å². The van der Waals surface area contributed by atoms with E-state index >= 15 is 0 Å². The fraction of sp³-hybridized carbons (Fsp3) is 0.632. The standard InChI is InChI=1S/C19H24FNO2/c1-19(21-10-11-3-5-12(20)6-4-11)16-8-7-13(14-9-15(14)16)17(19)18(22)23-2/h3-6,13-17,21H,7-10H2,1-2H3/t13?,14?,15?,16?,17-,19?/m1/s1. The second kappa shape index (κ2) is 5.30. The van der Waals surface area contributed by atoms with E-state index in [0.29, 0.717) is 18.4 Å². The molecule has 4 saturated carbocycles. The van der Waals surface area contributed by atoms with Gasteiger partial charge in [-0.3, -0.25) is 4.79 Å². The van der Waals surface area contributed by atoms with Gasteiger partial charge in [0.25, 0.3) is 0 Å². The molecule has 0 aliphatic heterocycles. The molecule has 1 N–H and O–H groups in total. The van der Waals surface area contributed by atoms with Crippen LogP contribution in [-0.4, -0.2) is 18.6 Å². The normalized spacial score (nSPS) is 40.6. The van der Waals surface area contributed by atoms with Crippen molar-refractivity contribution in [1.29, 1.82) is 0 Å². The Morgan fingerprint density at radius 1 is 1.26 bits per heavy atom. The van der Waals surface area contributed by atoms with Gasteiger partial charge in [0, 0.05) is 12.1 Å². The largest absolute Gasteiger partial charge is 0.469 e. The van der Waals surface area contributed by atoms with Crippen LogP contribution in [0, 0.1) is 35.4 Å². The molecule has 124 valence electrons. The Labute approximate surface area is 136 Å². The van der Waals surface area contributed by atoms with E-state index < -0.39 is 0 Å². The molecule has 4 heteroatoms. The number of hydrogen-bond acceptors (Lipinski definition) is 3. The third-order valence-corrected chi connectivity index (χ3v) is 6.66. The lowest BCUT2D eigenvalue weighted by Crippen LogP contribution is -2.64. The molecule has 0 spiro atoms. The molecule has 6 atom stereocenters. The van der Waals surface area contributed by atoms with Crippen molar-refractivity contribution in [1.82, 2.24) is 5.32 Å². The highest BCUT2D eigenvalue weighted by Gasteiger charge is 2.67. The predicted molar refractivity (Wildman–Crippen MR) is 85.0 cm³/mol. The predicted octanol–water partition coefficient (Wildman–Crippen LogP) is 3.14. The SMILES string of the molecule is COC(=O)[C@H]1C2CCC(C3CC32)C1(C)NCc1ccc(F)cc1. The first-order valence-corrected chi connectivity index (χ1v) is 8.62. The van der Waals surface area contributed by atoms with Crippen LogP contribution in [0.1, 0.15) is 31.7 Å². The van der Waals surface area contributed by atoms with Crippen LogP contribution in [-0.2, 0) is 16.1 Å². The van der Waals surface area contributed by atoms with Crippen molar-refractivity contribution in [2.24, 2.45) is 29.6 Å². The number of esters is 1. The molecule has 1 aromatic carbocycles. The number of fused-ring (bicyclic) bond motifs is 2. The van der Waals surface area contributed by atoms with Gasteiger partial charge in [-0.2, -0.15) is 0 Å². The molecule has 23 heavy (non-hydrogen) atoms. The summed E-state index contributed by atoms with van der Waals surface area (Å²) in [5, 5.41) is 3.66. The zero-order chi connectivity index (χ0) is 16.2. The molecule has 0 amide bonds. The number of benzene rings is 1. The van der Waals surface area contributed by atoms with Gasteiger partial charge >= 0.3 is 5.97 Å². The Morgan fingerprint density at radius 2 is 2.00 bits per heavy atom. The number of rotatable bonds is 4. The quantitative estimate of drug-likeness (QED) is 0.867. The van der Waals surface area contributed by atoms with E-state index in [0.717, 1.165) is 23.8 Å². The summed E-state index contributed by atoms with van der Waals surface area (Å²) in [7, 11) is 1.50. The lowest BCUT2D eigenvalue weighted by atomic mass is 9.55. The van der Waals surface area contributed by atoms with E-state index in [2.05, 4.69) is 12.2 Å². The number of halogens is 1. The van der Waals surface area contributed by atoms with E-state index in [1.165, 1.54) is 32.1 Å². The molecule has 0 saturated heterocycles. The van der Waals surface area contributed by atoms with Crippen LogP contribution in [0.4, 0.5) is 4.39 Å². The van der Waals surface area contributed by atoms with Crippen molar-refractivity contribution in [2.45, 2.75) is 38.3 Å². The fourth-order valence-corrected chi connectivity index (χ4v) is 5.51. The van der Waals surface area contributed by atoms with Gasteiger partial charge in [-0.1, -0.05) is 12.1 Å². The molecular weight excluding hydrogens is 293 g/mol. The summed E-state index contributed by atoms with van der Waals surface area (Å²) in [6.07, 6.45) is 3.63. The minimum Gasteiger partial charge on any atom is -0.469 e. The second-order valence-corrected chi connectivity index (χ2v) is 7.67. The topological polar surface area (TPSA) is 38.3 Å². The minimum atomic E-state index is -0.220. The zero-order valence-electron chi connectivity index (χ0n) is 13.7. The molecule has 2 bridgehead atoms. The maximum atomic E-state index is 13.1. The molecule has 5 unspecified atom stereocenters. The third kappa shape index (κ3) is 2.30. The Kier molecular flexibility index (Phi) is 3.49. The molecule has 0 heterocycles. The van der Waals surface area contributed by atoms with E-state index in [-0.39, 0.29) is 23.2 Å². The Hall–Kier alpha value is -1.42. The molecule has 1 aromatic rings. The van der Waals surface area contributed by atoms with Crippen LogP contribution in [0.5, 0.6) is 0 Å². The summed E-state index contributed by atoms with van der Waals surface area (Å²) in [6.45, 7) is 2.86. The maximum absolute atomic E-state index is 13.1. The van der Waals surface area contributed by atoms with Gasteiger partial charge in [0.1, 0.15) is 5.82 Å². The zero-order valence-corrected chi connectivity index (χ0v) is 13.7. The highest BCUT2D eigenvalue weighted by molar-refractivity contribution is 5.75. The Bertz CT molecular complexity index is 616. The summed E-state index contributed by atoms with van der Waals surface area (Å²) < 4.78 is 18.2. The minimum absolute atomic E-state index is 0.0598. The summed E-state index contributed by atoms with van der Waals surface area (Å²) in [5.74, 6) is 2.17. The molecule has 0 radical (unpaired) electrons. The van der Waals surface area contributed by atoms with Crippen molar-refractivity contribution >= 4 is 5.97 Å². The summed E-state index contributed by atoms with van der Waals surface area (Å²) in [4.78, 5) is 12.5. The second-order valence-electron chi connectivity index (χ2n) is 7.67. The molecule has 4 fully saturated rings. The Balaban J connectivity index is 1.58. The summed E-state index contributed by atoms with van der Waals surface area (Å²) >= 11 is 0. The van der Waals surface area contributed by atoms with E-state index in [1.807, 2.05) is 0 Å². The summed E-state index contributed by atoms with van der Waals surface area (Å²) in [5.41, 5.74) is 0.826. The van der Waals surface area contributed by atoms with Crippen LogP contribution in [0.15, 0.2) is 24.3 Å². The average Bonchev–Trinajstić information content (AvgIpc) is 3.36. The molecule has 3 nitrogen and oxygen atoms in total. The van der Waals surface area contributed by atoms with E-state index in [9.17, 15) is 9.18 Å². The maximum Gasteiger partial charge on any atom is 0.310 e. The number of ether oxygens (including phenoxy) is 1. The number of methoxy groups -OCH3 is 1. The van der Waals surface area contributed by atoms with Gasteiger partial charge in [-0.15, -0.1) is 0 Å². The first kappa shape index (κ1) is 15.1. The van der Waals surface area contributed by atoms with Crippen LogP contribution < -0.4 is 5.32 Å². The van der Waals surface area contributed by atoms with E-state index in [4.69, 9.17) is 4.74 Å². The number of carbonyl (C=O) groups excluding carboxylic acids is 1. The first-order chi connectivity index (χ1) is 11.0. The van der Waals surface area contributed by atoms with Gasteiger partial charge in [0.05, 0.1) is 13.0 Å². The molecule has 0 aromatic heterocycles. The molecular formula is C19H24FNO2. The summed E-state index contributed by atoms with van der Waals surface area (Å²) in [6, 6.07) is 6.59. The fourth-order valence-electron chi connectivity index (χ4n) is 5.51. The third-order valence-electron chi connectivity index (χ3n) is 6.66. The van der Waals surface area contributed by atoms with Crippen molar-refractivity contribution in [2.75, 3.05) is 7.11 Å². The first-order valence-electron chi connectivity index (χ1n) is 8.62. The van der Waals surface area contributed by atoms with Gasteiger partial charge < -0.3 is 10.1 Å². The molecule has 5 rings (SSSR count). The van der Waals surface area contributed by atoms with Crippen molar-refractivity contribution in [3.8, 4) is 0 Å². The number of nitrogens with one attached hydrogen (secondary N) is 1. The van der Waals surface area contributed by atoms with Crippen molar-refractivity contribution in [3.63, 3.8) is 0 Å². The van der Waals surface area contributed by atoms with Crippen LogP contribution in [0.3, 0.4) is 0 Å². The van der Waals surface area contributed by atoms with E-state index in [1.54, 1.807) is 12.1 Å². The van der Waals surface area contributed by atoms with Gasteiger partial charge in [0.2, 0.25) is 0 Å². The highest BCUT2D eigenvalue weighted by Crippen LogP contribution is 2.67. The number of hydrogen-bond donors (Lipinski definition) is 1. The monoisotopic (exact) mass is 317 g/mol. The molecule has 4 aliphatic rings.